The molecule has 1 saturated heterocycles. The van der Waals surface area contributed by atoms with Crippen LogP contribution < -0.4 is 9.47 Å². The quantitative estimate of drug-likeness (QED) is 0.541. The second kappa shape index (κ2) is 9.24. The number of amides is 1. The van der Waals surface area contributed by atoms with Gasteiger partial charge in [0.25, 0.3) is 0 Å². The van der Waals surface area contributed by atoms with E-state index in [4.69, 9.17) is 9.47 Å². The molecule has 1 aromatic heterocycles. The van der Waals surface area contributed by atoms with Crippen LogP contribution in [0.5, 0.6) is 11.5 Å². The van der Waals surface area contributed by atoms with Crippen molar-refractivity contribution in [2.75, 3.05) is 18.9 Å². The molecule has 2 aromatic carbocycles. The zero-order valence-corrected chi connectivity index (χ0v) is 18.8. The Balaban J connectivity index is 1.40. The third-order valence-electron chi connectivity index (χ3n) is 5.92. The number of ether oxygens (including phenoxy) is 2. The number of likely N-dealkylation sites (tertiary alicyclic amines) is 1. The Bertz CT molecular complexity index is 1090. The van der Waals surface area contributed by atoms with Gasteiger partial charge in [-0.1, -0.05) is 42.1 Å². The molecule has 1 amide bonds. The molecule has 3 heterocycles. The zero-order chi connectivity index (χ0) is 21.9. The third kappa shape index (κ3) is 4.19. The molecule has 166 valence electrons. The van der Waals surface area contributed by atoms with Crippen molar-refractivity contribution in [1.82, 2.24) is 19.7 Å². The Hall–Kier alpha value is -3.00. The Kier molecular flexibility index (Phi) is 6.03. The molecule has 0 unspecified atom stereocenters. The second-order valence-electron chi connectivity index (χ2n) is 8.10. The van der Waals surface area contributed by atoms with Crippen molar-refractivity contribution >= 4 is 17.7 Å². The number of nitrogens with zero attached hydrogens (tertiary/aromatic N) is 4. The first-order valence-corrected chi connectivity index (χ1v) is 12.0. The number of carbonyl (C=O) groups excluding carboxylic acids is 1. The molecule has 32 heavy (non-hydrogen) atoms. The van der Waals surface area contributed by atoms with Crippen LogP contribution in [0.25, 0.3) is 5.69 Å². The van der Waals surface area contributed by atoms with Gasteiger partial charge in [0.05, 0.1) is 5.75 Å². The Labute approximate surface area is 191 Å². The molecule has 0 radical (unpaired) electrons. The lowest BCUT2D eigenvalue weighted by atomic mass is 10.0. The maximum atomic E-state index is 12.9. The van der Waals surface area contributed by atoms with Gasteiger partial charge in [0.15, 0.2) is 28.6 Å². The fourth-order valence-electron chi connectivity index (χ4n) is 4.23. The minimum Gasteiger partial charge on any atom is -0.485 e. The summed E-state index contributed by atoms with van der Waals surface area (Å²) in [5.41, 5.74) is 0.927. The minimum atomic E-state index is -0.398. The SMILES string of the molecule is C[C@H]1CCCCN1C(=O)CSc1nnc([C@@H]2COc3ccccc3O2)n1-c1ccccc1. The highest BCUT2D eigenvalue weighted by atomic mass is 32.2. The number of thioether (sulfide) groups is 1. The van der Waals surface area contributed by atoms with E-state index in [2.05, 4.69) is 17.1 Å². The van der Waals surface area contributed by atoms with Crippen molar-refractivity contribution in [2.24, 2.45) is 0 Å². The lowest BCUT2D eigenvalue weighted by molar-refractivity contribution is -0.131. The summed E-state index contributed by atoms with van der Waals surface area (Å²) in [4.78, 5) is 14.9. The summed E-state index contributed by atoms with van der Waals surface area (Å²) in [5, 5.41) is 9.56. The van der Waals surface area contributed by atoms with Gasteiger partial charge in [-0.2, -0.15) is 0 Å². The van der Waals surface area contributed by atoms with Crippen LogP contribution in [0.15, 0.2) is 59.8 Å². The van der Waals surface area contributed by atoms with Gasteiger partial charge in [0, 0.05) is 18.3 Å². The smallest absolute Gasteiger partial charge is 0.233 e. The second-order valence-corrected chi connectivity index (χ2v) is 9.04. The van der Waals surface area contributed by atoms with Crippen molar-refractivity contribution in [3.8, 4) is 17.2 Å². The monoisotopic (exact) mass is 450 g/mol. The van der Waals surface area contributed by atoms with E-state index < -0.39 is 6.10 Å². The highest BCUT2D eigenvalue weighted by Gasteiger charge is 2.30. The molecular formula is C24H26N4O3S. The zero-order valence-electron chi connectivity index (χ0n) is 18.0. The van der Waals surface area contributed by atoms with E-state index in [9.17, 15) is 4.79 Å². The lowest BCUT2D eigenvalue weighted by Crippen LogP contribution is -2.43. The molecule has 7 nitrogen and oxygen atoms in total. The topological polar surface area (TPSA) is 69.5 Å². The number of piperidine rings is 1. The van der Waals surface area contributed by atoms with Crippen LogP contribution in [0, 0.1) is 0 Å². The van der Waals surface area contributed by atoms with Crippen LogP contribution in [0.1, 0.15) is 38.1 Å². The molecule has 2 aliphatic heterocycles. The summed E-state index contributed by atoms with van der Waals surface area (Å²) < 4.78 is 14.1. The summed E-state index contributed by atoms with van der Waals surface area (Å²) in [7, 11) is 0. The van der Waals surface area contributed by atoms with E-state index in [1.165, 1.54) is 18.2 Å². The van der Waals surface area contributed by atoms with Crippen LogP contribution in [-0.4, -0.2) is 50.5 Å². The summed E-state index contributed by atoms with van der Waals surface area (Å²) in [6, 6.07) is 17.8. The molecule has 3 aromatic rings. The van der Waals surface area contributed by atoms with Crippen molar-refractivity contribution < 1.29 is 14.3 Å². The summed E-state index contributed by atoms with van der Waals surface area (Å²) in [6.07, 6.45) is 2.94. The van der Waals surface area contributed by atoms with E-state index in [1.807, 2.05) is 64.1 Å². The minimum absolute atomic E-state index is 0.150. The average Bonchev–Trinajstić information content (AvgIpc) is 3.27. The predicted molar refractivity (Wildman–Crippen MR) is 122 cm³/mol. The molecule has 2 atom stereocenters. The first-order valence-electron chi connectivity index (χ1n) is 11.0. The molecule has 0 aliphatic carbocycles. The highest BCUT2D eigenvalue weighted by molar-refractivity contribution is 7.99. The van der Waals surface area contributed by atoms with Gasteiger partial charge in [0.1, 0.15) is 6.61 Å². The Morgan fingerprint density at radius 1 is 1.06 bits per heavy atom. The van der Waals surface area contributed by atoms with Crippen LogP contribution in [0.4, 0.5) is 0 Å². The van der Waals surface area contributed by atoms with E-state index >= 15 is 0 Å². The predicted octanol–water partition coefficient (Wildman–Crippen LogP) is 4.27. The van der Waals surface area contributed by atoms with Gasteiger partial charge >= 0.3 is 0 Å². The molecule has 0 N–H and O–H groups in total. The number of hydrogen-bond donors (Lipinski definition) is 0. The molecule has 0 spiro atoms. The van der Waals surface area contributed by atoms with Crippen LogP contribution in [-0.2, 0) is 4.79 Å². The number of hydrogen-bond acceptors (Lipinski definition) is 6. The maximum absolute atomic E-state index is 12.9. The average molecular weight is 451 g/mol. The molecule has 5 rings (SSSR count). The Morgan fingerprint density at radius 2 is 1.84 bits per heavy atom. The summed E-state index contributed by atoms with van der Waals surface area (Å²) in [6.45, 7) is 3.31. The Morgan fingerprint density at radius 3 is 2.66 bits per heavy atom. The number of benzene rings is 2. The number of para-hydroxylation sites is 3. The van der Waals surface area contributed by atoms with E-state index in [0.717, 1.165) is 30.8 Å². The normalized spacial score (nSPS) is 20.2. The first-order chi connectivity index (χ1) is 15.7. The van der Waals surface area contributed by atoms with Gasteiger partial charge in [-0.05, 0) is 50.5 Å². The summed E-state index contributed by atoms with van der Waals surface area (Å²) >= 11 is 1.42. The standard InChI is InChI=1S/C24H26N4O3S/c1-17-9-7-8-14-27(17)22(29)16-32-24-26-25-23(28(24)18-10-3-2-4-11-18)21-15-30-19-12-5-6-13-20(19)31-21/h2-6,10-13,17,21H,7-9,14-16H2,1H3/t17-,21-/m0/s1. The van der Waals surface area contributed by atoms with Crippen molar-refractivity contribution in [2.45, 2.75) is 43.5 Å². The number of carbonyl (C=O) groups is 1. The van der Waals surface area contributed by atoms with Gasteiger partial charge in [-0.15, -0.1) is 10.2 Å². The van der Waals surface area contributed by atoms with Gasteiger partial charge < -0.3 is 14.4 Å². The maximum Gasteiger partial charge on any atom is 0.233 e. The molecule has 2 aliphatic rings. The van der Waals surface area contributed by atoms with Crippen LogP contribution in [0.3, 0.4) is 0 Å². The van der Waals surface area contributed by atoms with Gasteiger partial charge in [-0.25, -0.2) is 0 Å². The lowest BCUT2D eigenvalue weighted by Gasteiger charge is -2.33. The number of aromatic nitrogens is 3. The van der Waals surface area contributed by atoms with E-state index in [0.29, 0.717) is 35.1 Å². The van der Waals surface area contributed by atoms with E-state index in [-0.39, 0.29) is 5.91 Å². The molecule has 8 heteroatoms. The molecular weight excluding hydrogens is 424 g/mol. The number of rotatable bonds is 5. The largest absolute Gasteiger partial charge is 0.485 e. The summed E-state index contributed by atoms with van der Waals surface area (Å²) in [5.74, 6) is 2.56. The number of fused-ring (bicyclic) bond motifs is 1. The van der Waals surface area contributed by atoms with Crippen LogP contribution >= 0.6 is 11.8 Å². The highest BCUT2D eigenvalue weighted by Crippen LogP contribution is 2.37. The molecule has 0 saturated carbocycles. The van der Waals surface area contributed by atoms with Crippen LogP contribution in [0.2, 0.25) is 0 Å². The molecule has 1 fully saturated rings. The van der Waals surface area contributed by atoms with Crippen molar-refractivity contribution in [3.05, 3.63) is 60.4 Å². The third-order valence-corrected chi connectivity index (χ3v) is 6.83. The van der Waals surface area contributed by atoms with E-state index in [1.54, 1.807) is 0 Å². The fourth-order valence-corrected chi connectivity index (χ4v) is 5.07. The fraction of sp³-hybridized carbons (Fsp3) is 0.375. The van der Waals surface area contributed by atoms with Gasteiger partial charge in [0.2, 0.25) is 5.91 Å². The van der Waals surface area contributed by atoms with Crippen molar-refractivity contribution in [1.29, 1.82) is 0 Å². The van der Waals surface area contributed by atoms with Gasteiger partial charge in [-0.3, -0.25) is 9.36 Å². The van der Waals surface area contributed by atoms with Crippen molar-refractivity contribution in [3.63, 3.8) is 0 Å². The molecule has 0 bridgehead atoms. The first kappa shape index (κ1) is 20.9.